The van der Waals surface area contributed by atoms with Gasteiger partial charge < -0.3 is 24.4 Å². The summed E-state index contributed by atoms with van der Waals surface area (Å²) in [6.45, 7) is 6.36. The summed E-state index contributed by atoms with van der Waals surface area (Å²) in [4.78, 5) is 15.5. The number of ether oxygens (including phenoxy) is 3. The third-order valence-corrected chi connectivity index (χ3v) is 6.68. The summed E-state index contributed by atoms with van der Waals surface area (Å²) in [6, 6.07) is 11.0. The summed E-state index contributed by atoms with van der Waals surface area (Å²) in [6.07, 6.45) is 3.08. The first-order valence-corrected chi connectivity index (χ1v) is 11.8. The van der Waals surface area contributed by atoms with Crippen LogP contribution in [0.2, 0.25) is 0 Å². The Kier molecular flexibility index (Phi) is 5.79. The highest BCUT2D eigenvalue weighted by atomic mass is 19.1. The molecule has 0 spiro atoms. The first-order valence-electron chi connectivity index (χ1n) is 11.8. The number of fused-ring (bicyclic) bond motifs is 2. The molecule has 1 N–H and O–H groups in total. The lowest BCUT2D eigenvalue weighted by molar-refractivity contribution is -0.0773. The van der Waals surface area contributed by atoms with E-state index < -0.39 is 0 Å². The summed E-state index contributed by atoms with van der Waals surface area (Å²) in [5.74, 6) is 1.09. The van der Waals surface area contributed by atoms with Crippen LogP contribution in [0.3, 0.4) is 0 Å². The van der Waals surface area contributed by atoms with Gasteiger partial charge in [0.25, 0.3) is 0 Å². The van der Waals surface area contributed by atoms with E-state index in [-0.39, 0.29) is 11.9 Å². The fourth-order valence-electron chi connectivity index (χ4n) is 4.49. The van der Waals surface area contributed by atoms with Crippen LogP contribution in [0.1, 0.15) is 6.92 Å². The van der Waals surface area contributed by atoms with Crippen LogP contribution < -0.4 is 15.0 Å². The van der Waals surface area contributed by atoms with Gasteiger partial charge in [0, 0.05) is 42.3 Å². The number of pyridine rings is 1. The molecule has 2 aromatic heterocycles. The number of hydrogen-bond donors (Lipinski definition) is 1. The van der Waals surface area contributed by atoms with E-state index in [1.807, 2.05) is 19.1 Å². The second kappa shape index (κ2) is 9.24. The lowest BCUT2D eigenvalue weighted by atomic mass is 10.0. The summed E-state index contributed by atoms with van der Waals surface area (Å²) in [7, 11) is 0. The minimum Gasteiger partial charge on any atom is -0.489 e. The summed E-state index contributed by atoms with van der Waals surface area (Å²) in [5.41, 5.74) is 2.65. The molecule has 4 heterocycles. The Morgan fingerprint density at radius 2 is 1.91 bits per heavy atom. The zero-order valence-corrected chi connectivity index (χ0v) is 19.4. The third kappa shape index (κ3) is 4.21. The number of anilines is 3. The number of aromatic nitrogens is 3. The molecule has 2 fully saturated rings. The number of benzene rings is 2. The molecule has 35 heavy (non-hydrogen) atoms. The second-order valence-electron chi connectivity index (χ2n) is 8.90. The van der Waals surface area contributed by atoms with Crippen molar-refractivity contribution in [1.29, 1.82) is 0 Å². The predicted molar refractivity (Wildman–Crippen MR) is 132 cm³/mol. The van der Waals surface area contributed by atoms with E-state index in [1.54, 1.807) is 30.5 Å². The molecule has 2 saturated heterocycles. The molecule has 2 aromatic carbocycles. The minimum atomic E-state index is -0.380. The fourth-order valence-corrected chi connectivity index (χ4v) is 4.49. The van der Waals surface area contributed by atoms with Crippen molar-refractivity contribution in [1.82, 2.24) is 15.0 Å². The van der Waals surface area contributed by atoms with E-state index in [4.69, 9.17) is 14.2 Å². The first kappa shape index (κ1) is 21.9. The zero-order valence-electron chi connectivity index (χ0n) is 19.4. The standard InChI is InChI=1S/C26H26FN5O3/c1-16(17-13-34-14-17)35-23-12-18(32-7-9-33-10-8-32)11-22-24(23)26(30-15-29-22)31-21-5-4-20-19(25(21)27)3-2-6-28-20/h2-6,11-12,15-17H,7-10,13-14H2,1H3,(H,29,30,31)/t16-/m1/s1. The van der Waals surface area contributed by atoms with Gasteiger partial charge in [-0.05, 0) is 37.3 Å². The number of hydrogen-bond acceptors (Lipinski definition) is 8. The molecule has 2 aliphatic heterocycles. The topological polar surface area (TPSA) is 81.6 Å². The van der Waals surface area contributed by atoms with Crippen molar-refractivity contribution in [2.45, 2.75) is 13.0 Å². The van der Waals surface area contributed by atoms with Gasteiger partial charge in [-0.2, -0.15) is 0 Å². The average Bonchev–Trinajstić information content (AvgIpc) is 2.85. The number of morpholine rings is 1. The molecule has 2 aliphatic rings. The minimum absolute atomic E-state index is 0.0524. The van der Waals surface area contributed by atoms with Gasteiger partial charge in [0.15, 0.2) is 5.82 Å². The van der Waals surface area contributed by atoms with Crippen molar-refractivity contribution in [2.75, 3.05) is 49.7 Å². The highest BCUT2D eigenvalue weighted by molar-refractivity contribution is 5.98. The van der Waals surface area contributed by atoms with Gasteiger partial charge in [0.05, 0.1) is 48.5 Å². The Hall–Kier alpha value is -3.56. The third-order valence-electron chi connectivity index (χ3n) is 6.68. The lowest BCUT2D eigenvalue weighted by Gasteiger charge is -2.33. The van der Waals surface area contributed by atoms with Gasteiger partial charge in [-0.1, -0.05) is 0 Å². The maximum atomic E-state index is 15.3. The van der Waals surface area contributed by atoms with E-state index >= 15 is 4.39 Å². The molecule has 0 amide bonds. The molecule has 0 aliphatic carbocycles. The molecule has 9 heteroatoms. The van der Waals surface area contributed by atoms with Crippen molar-refractivity contribution in [3.05, 3.63) is 54.7 Å². The van der Waals surface area contributed by atoms with E-state index in [1.165, 1.54) is 6.33 Å². The van der Waals surface area contributed by atoms with E-state index in [2.05, 4.69) is 25.2 Å². The molecule has 8 nitrogen and oxygen atoms in total. The molecular weight excluding hydrogens is 449 g/mol. The van der Waals surface area contributed by atoms with Crippen LogP contribution in [0.25, 0.3) is 21.8 Å². The van der Waals surface area contributed by atoms with E-state index in [9.17, 15) is 0 Å². The van der Waals surface area contributed by atoms with Crippen molar-refractivity contribution in [2.24, 2.45) is 5.92 Å². The highest BCUT2D eigenvalue weighted by Crippen LogP contribution is 2.38. The van der Waals surface area contributed by atoms with Crippen LogP contribution in [-0.4, -0.2) is 60.6 Å². The van der Waals surface area contributed by atoms with Gasteiger partial charge in [-0.3, -0.25) is 4.98 Å². The number of halogens is 1. The molecule has 0 unspecified atom stereocenters. The predicted octanol–water partition coefficient (Wildman–Crippen LogP) is 4.31. The number of nitrogens with zero attached hydrogens (tertiary/aromatic N) is 4. The van der Waals surface area contributed by atoms with E-state index in [0.29, 0.717) is 65.9 Å². The quantitative estimate of drug-likeness (QED) is 0.442. The highest BCUT2D eigenvalue weighted by Gasteiger charge is 2.28. The number of rotatable bonds is 6. The Bertz CT molecular complexity index is 1370. The van der Waals surface area contributed by atoms with Crippen LogP contribution in [0.5, 0.6) is 5.75 Å². The van der Waals surface area contributed by atoms with Crippen molar-refractivity contribution in [3.63, 3.8) is 0 Å². The average molecular weight is 476 g/mol. The molecule has 6 rings (SSSR count). The van der Waals surface area contributed by atoms with Crippen LogP contribution in [0.15, 0.2) is 48.9 Å². The normalized spacial score (nSPS) is 17.4. The summed E-state index contributed by atoms with van der Waals surface area (Å²) >= 11 is 0. The van der Waals surface area contributed by atoms with Gasteiger partial charge in [-0.25, -0.2) is 14.4 Å². The van der Waals surface area contributed by atoms with Gasteiger partial charge >= 0.3 is 0 Å². The van der Waals surface area contributed by atoms with Crippen LogP contribution >= 0.6 is 0 Å². The van der Waals surface area contributed by atoms with Crippen molar-refractivity contribution in [3.8, 4) is 5.75 Å². The lowest BCUT2D eigenvalue weighted by Crippen LogP contribution is -2.39. The van der Waals surface area contributed by atoms with Gasteiger partial charge in [0.1, 0.15) is 24.0 Å². The zero-order chi connectivity index (χ0) is 23.8. The first-order chi connectivity index (χ1) is 17.2. The Balaban J connectivity index is 1.43. The molecule has 180 valence electrons. The molecule has 0 radical (unpaired) electrons. The Morgan fingerprint density at radius 3 is 2.71 bits per heavy atom. The second-order valence-corrected chi connectivity index (χ2v) is 8.90. The molecule has 4 aromatic rings. The Morgan fingerprint density at radius 1 is 1.06 bits per heavy atom. The maximum Gasteiger partial charge on any atom is 0.156 e. The van der Waals surface area contributed by atoms with Gasteiger partial charge in [-0.15, -0.1) is 0 Å². The molecule has 0 bridgehead atoms. The largest absolute Gasteiger partial charge is 0.489 e. The molecule has 1 atom stereocenters. The van der Waals surface area contributed by atoms with E-state index in [0.717, 1.165) is 24.3 Å². The van der Waals surface area contributed by atoms with Crippen LogP contribution in [0.4, 0.5) is 21.6 Å². The SMILES string of the molecule is C[C@@H](Oc1cc(N2CCOCC2)cc2ncnc(Nc3ccc4ncccc4c3F)c12)C1COC1. The molecular formula is C26H26FN5O3. The molecule has 0 saturated carbocycles. The van der Waals surface area contributed by atoms with Crippen molar-refractivity contribution >= 4 is 39.0 Å². The maximum absolute atomic E-state index is 15.3. The van der Waals surface area contributed by atoms with Crippen molar-refractivity contribution < 1.29 is 18.6 Å². The summed E-state index contributed by atoms with van der Waals surface area (Å²) in [5, 5.41) is 4.34. The smallest absolute Gasteiger partial charge is 0.156 e. The monoisotopic (exact) mass is 475 g/mol. The number of nitrogens with one attached hydrogen (secondary N) is 1. The fraction of sp³-hybridized carbons (Fsp3) is 0.346. The Labute approximate surface area is 202 Å². The summed E-state index contributed by atoms with van der Waals surface area (Å²) < 4.78 is 32.7. The van der Waals surface area contributed by atoms with Gasteiger partial charge in [0.2, 0.25) is 0 Å². The van der Waals surface area contributed by atoms with Crippen LogP contribution in [-0.2, 0) is 9.47 Å². The van der Waals surface area contributed by atoms with Crippen LogP contribution in [0, 0.1) is 11.7 Å².